The van der Waals surface area contributed by atoms with Crippen LogP contribution in [0.15, 0.2) is 400 Å². The van der Waals surface area contributed by atoms with Crippen molar-refractivity contribution in [2.45, 2.75) is 16.2 Å². The number of aromatic nitrogens is 1. The SMILES string of the molecule is c1ccc(C2(c3ccccc3)c3ccccc3-c3ccc(N(c4ccc5c(c4)C4(c6ccccc6-5)c5ccccc5-n5c6ccccc6c6cccc4c65)c4cccc5ccccc45)cc32)cc1.c1ccc(C2(c3ccccc3)c3ccccc3-c3ccc(Nc4cccc5ccccc45)cc32)cc1. The Morgan fingerprint density at radius 3 is 1.20 bits per heavy atom. The van der Waals surface area contributed by atoms with E-state index in [0.717, 1.165) is 28.4 Å². The van der Waals surface area contributed by atoms with Crippen molar-refractivity contribution >= 4 is 71.8 Å². The molecule has 0 saturated heterocycles. The van der Waals surface area contributed by atoms with Crippen molar-refractivity contribution in [1.29, 1.82) is 0 Å². The fourth-order valence-corrected chi connectivity index (χ4v) is 19.1. The van der Waals surface area contributed by atoms with E-state index in [1.54, 1.807) is 0 Å². The summed E-state index contributed by atoms with van der Waals surface area (Å²) in [6, 6.07) is 148. The number of nitrogens with one attached hydrogen (secondary N) is 1. The van der Waals surface area contributed by atoms with Crippen LogP contribution in [0.3, 0.4) is 0 Å². The van der Waals surface area contributed by atoms with Crippen LogP contribution in [0, 0.1) is 0 Å². The molecule has 1 unspecified atom stereocenters. The third-order valence-electron chi connectivity index (χ3n) is 23.2. The Balaban J connectivity index is 0.000000163. The predicted octanol–water partition coefficient (Wildman–Crippen LogP) is 25.4. The van der Waals surface area contributed by atoms with E-state index in [9.17, 15) is 0 Å². The molecule has 3 aliphatic carbocycles. The zero-order chi connectivity index (χ0) is 68.5. The molecule has 4 aliphatic rings. The maximum atomic E-state index is 3.74. The second-order valence-corrected chi connectivity index (χ2v) is 28.1. The van der Waals surface area contributed by atoms with Crippen LogP contribution in [0.2, 0.25) is 0 Å². The Morgan fingerprint density at radius 2 is 0.625 bits per heavy atom. The Morgan fingerprint density at radius 1 is 0.240 bits per heavy atom. The highest BCUT2D eigenvalue weighted by Gasteiger charge is 2.52. The quantitative estimate of drug-likeness (QED) is 0.155. The normalized spacial score (nSPS) is 14.7. The minimum absolute atomic E-state index is 0.384. The van der Waals surface area contributed by atoms with Crippen LogP contribution in [-0.2, 0) is 16.2 Å². The number of para-hydroxylation sites is 3. The maximum Gasteiger partial charge on any atom is 0.0755 e. The molecular formula is C101H67N3. The van der Waals surface area contributed by atoms with E-state index < -0.39 is 10.8 Å². The van der Waals surface area contributed by atoms with Crippen LogP contribution in [0.1, 0.15) is 66.8 Å². The molecular weight excluding hydrogens is 1260 g/mol. The number of fused-ring (bicyclic) bond motifs is 20. The van der Waals surface area contributed by atoms with E-state index in [4.69, 9.17) is 0 Å². The molecule has 104 heavy (non-hydrogen) atoms. The summed E-state index contributed by atoms with van der Waals surface area (Å²) in [7, 11) is 0. The van der Waals surface area contributed by atoms with Crippen molar-refractivity contribution < 1.29 is 0 Å². The monoisotopic (exact) mass is 1320 g/mol. The molecule has 0 bridgehead atoms. The lowest BCUT2D eigenvalue weighted by Gasteiger charge is -2.40. The molecule has 18 aromatic rings. The second-order valence-electron chi connectivity index (χ2n) is 28.1. The van der Waals surface area contributed by atoms with Gasteiger partial charge < -0.3 is 14.8 Å². The molecule has 1 aromatic heterocycles. The standard InChI is InChI=1S/C66H42N2.C35H25N/c1-3-21-44(22-4-1)65(45-23-5-2-6-24-45)55-30-12-9-26-49(55)51-39-37-46(41-59(51)65)67(61-36-17-20-43-19-7-8-25-48(43)61)47-38-40-52-50-27-10-13-31-56(50)66(60(52)42-47)57-32-14-16-35-63(57)68-62-34-15-11-28-53(62)54-29-18-33-58(66)64(54)68;1-3-14-26(15-4-1)35(27-16-5-2-6-17-27)32-20-10-9-19-30(32)31-23-22-28(24-33(31)35)36-34-21-11-13-25-12-7-8-18-29(25)34/h1-42H;1-24,36H. The predicted molar refractivity (Wildman–Crippen MR) is 432 cm³/mol. The van der Waals surface area contributed by atoms with E-state index in [1.807, 2.05) is 0 Å². The van der Waals surface area contributed by atoms with Gasteiger partial charge in [0.15, 0.2) is 0 Å². The minimum atomic E-state index is -0.581. The molecule has 1 atom stereocenters. The molecule has 22 rings (SSSR count). The first-order chi connectivity index (χ1) is 51.6. The molecule has 1 spiro atoms. The average molecular weight is 1320 g/mol. The summed E-state index contributed by atoms with van der Waals surface area (Å²) in [6.07, 6.45) is 0. The minimum Gasteiger partial charge on any atom is -0.355 e. The van der Waals surface area contributed by atoms with Gasteiger partial charge in [-0.05, 0) is 172 Å². The first-order valence-electron chi connectivity index (χ1n) is 36.2. The second kappa shape index (κ2) is 23.4. The topological polar surface area (TPSA) is 20.2 Å². The molecule has 1 aliphatic heterocycles. The molecule has 3 heteroatoms. The zero-order valence-corrected chi connectivity index (χ0v) is 57.0. The van der Waals surface area contributed by atoms with E-state index in [2.05, 4.69) is 415 Å². The highest BCUT2D eigenvalue weighted by Crippen LogP contribution is 2.64. The molecule has 1 N–H and O–H groups in total. The molecule has 17 aromatic carbocycles. The number of benzene rings is 17. The number of hydrogen-bond donors (Lipinski definition) is 1. The largest absolute Gasteiger partial charge is 0.355 e. The van der Waals surface area contributed by atoms with Crippen LogP contribution < -0.4 is 10.2 Å². The van der Waals surface area contributed by atoms with Gasteiger partial charge in [-0.25, -0.2) is 0 Å². The molecule has 0 amide bonds. The molecule has 0 radical (unpaired) electrons. The molecule has 0 fully saturated rings. The van der Waals surface area contributed by atoms with Gasteiger partial charge in [0.2, 0.25) is 0 Å². The Kier molecular flexibility index (Phi) is 13.4. The summed E-state index contributed by atoms with van der Waals surface area (Å²) in [4.78, 5) is 2.54. The van der Waals surface area contributed by atoms with Gasteiger partial charge in [-0.15, -0.1) is 0 Å². The summed E-state index contributed by atoms with van der Waals surface area (Å²) >= 11 is 0. The Labute approximate surface area is 605 Å². The molecule has 0 saturated carbocycles. The summed E-state index contributed by atoms with van der Waals surface area (Å²) < 4.78 is 2.53. The number of nitrogens with zero attached hydrogens (tertiary/aromatic N) is 2. The van der Waals surface area contributed by atoms with Gasteiger partial charge in [0.25, 0.3) is 0 Å². The molecule has 2 heterocycles. The van der Waals surface area contributed by atoms with Crippen LogP contribution >= 0.6 is 0 Å². The third kappa shape index (κ3) is 8.41. The van der Waals surface area contributed by atoms with Crippen LogP contribution in [0.4, 0.5) is 28.4 Å². The van der Waals surface area contributed by atoms with Crippen molar-refractivity contribution in [2.24, 2.45) is 0 Å². The van der Waals surface area contributed by atoms with E-state index in [1.165, 1.54) is 149 Å². The Hall–Kier alpha value is -13.3. The summed E-state index contributed by atoms with van der Waals surface area (Å²) in [5.74, 6) is 0. The highest BCUT2D eigenvalue weighted by molar-refractivity contribution is 6.13. The summed E-state index contributed by atoms with van der Waals surface area (Å²) in [6.45, 7) is 0. The van der Waals surface area contributed by atoms with Crippen molar-refractivity contribution in [1.82, 2.24) is 4.57 Å². The molecule has 486 valence electrons. The lowest BCUT2D eigenvalue weighted by Crippen LogP contribution is -2.33. The highest BCUT2D eigenvalue weighted by atomic mass is 15.1. The number of hydrogen-bond acceptors (Lipinski definition) is 2. The fraction of sp³-hybridized carbons (Fsp3) is 0.0297. The van der Waals surface area contributed by atoms with E-state index in [0.29, 0.717) is 0 Å². The van der Waals surface area contributed by atoms with Gasteiger partial charge in [-0.3, -0.25) is 0 Å². The van der Waals surface area contributed by atoms with Gasteiger partial charge in [0.1, 0.15) is 0 Å². The smallest absolute Gasteiger partial charge is 0.0755 e. The maximum absolute atomic E-state index is 3.74. The lowest BCUT2D eigenvalue weighted by molar-refractivity contribution is 0.748. The van der Waals surface area contributed by atoms with Gasteiger partial charge in [-0.1, -0.05) is 340 Å². The van der Waals surface area contributed by atoms with Gasteiger partial charge in [-0.2, -0.15) is 0 Å². The van der Waals surface area contributed by atoms with Gasteiger partial charge in [0.05, 0.1) is 38.7 Å². The van der Waals surface area contributed by atoms with Crippen LogP contribution in [0.5, 0.6) is 0 Å². The molecule has 3 nitrogen and oxygen atoms in total. The van der Waals surface area contributed by atoms with Crippen molar-refractivity contribution in [3.63, 3.8) is 0 Å². The number of rotatable bonds is 9. The Bertz CT molecular complexity index is 6380. The number of anilines is 5. The van der Waals surface area contributed by atoms with Crippen molar-refractivity contribution in [3.8, 4) is 39.1 Å². The summed E-state index contributed by atoms with van der Waals surface area (Å²) in [5.41, 5.74) is 31.1. The van der Waals surface area contributed by atoms with Gasteiger partial charge in [0, 0.05) is 44.3 Å². The summed E-state index contributed by atoms with van der Waals surface area (Å²) in [5, 5.41) is 11.2. The van der Waals surface area contributed by atoms with Gasteiger partial charge >= 0.3 is 0 Å². The first kappa shape index (κ1) is 59.5. The van der Waals surface area contributed by atoms with Crippen molar-refractivity contribution in [3.05, 3.63) is 467 Å². The average Bonchev–Trinajstić information content (AvgIpc) is 1.47. The third-order valence-corrected chi connectivity index (χ3v) is 23.2. The van der Waals surface area contributed by atoms with Crippen LogP contribution in [-0.4, -0.2) is 4.57 Å². The van der Waals surface area contributed by atoms with E-state index >= 15 is 0 Å². The zero-order valence-electron chi connectivity index (χ0n) is 57.0. The van der Waals surface area contributed by atoms with E-state index in [-0.39, 0.29) is 5.41 Å². The van der Waals surface area contributed by atoms with Crippen LogP contribution in [0.25, 0.3) is 82.4 Å². The fourth-order valence-electron chi connectivity index (χ4n) is 19.1. The first-order valence-corrected chi connectivity index (χ1v) is 36.2. The lowest BCUT2D eigenvalue weighted by atomic mass is 9.65. The van der Waals surface area contributed by atoms with Crippen molar-refractivity contribution in [2.75, 3.05) is 10.2 Å².